The fraction of sp³-hybridized carbons (Fsp3) is 0.118. The Balaban J connectivity index is 1.81. The smallest absolute Gasteiger partial charge is 0.221 e. The van der Waals surface area contributed by atoms with Crippen molar-refractivity contribution in [3.63, 3.8) is 0 Å². The van der Waals surface area contributed by atoms with Crippen LogP contribution in [0.3, 0.4) is 0 Å². The molecule has 0 aliphatic rings. The molecule has 0 saturated heterocycles. The normalized spacial score (nSPS) is 10.3. The molecule has 116 valence electrons. The van der Waals surface area contributed by atoms with Crippen LogP contribution in [-0.2, 0) is 4.79 Å². The lowest BCUT2D eigenvalue weighted by Gasteiger charge is -2.03. The van der Waals surface area contributed by atoms with Crippen molar-refractivity contribution in [3.8, 4) is 22.7 Å². The van der Waals surface area contributed by atoms with Gasteiger partial charge in [0.15, 0.2) is 0 Å². The number of benzene rings is 2. The molecule has 0 aliphatic heterocycles. The topological polar surface area (TPSA) is 69.0 Å². The van der Waals surface area contributed by atoms with Gasteiger partial charge < -0.3 is 10.1 Å². The van der Waals surface area contributed by atoms with E-state index >= 15 is 0 Å². The summed E-state index contributed by atoms with van der Waals surface area (Å²) in [5, 5.41) is 11.1. The summed E-state index contributed by atoms with van der Waals surface area (Å²) in [6.07, 6.45) is 1.86. The number of amides is 1. The largest absolute Gasteiger partial charge is 0.497 e. The van der Waals surface area contributed by atoms with E-state index in [2.05, 4.69) is 15.6 Å². The van der Waals surface area contributed by atoms with Gasteiger partial charge in [-0.15, -0.1) is 5.10 Å². The van der Waals surface area contributed by atoms with Crippen LogP contribution in [0.15, 0.2) is 54.7 Å². The van der Waals surface area contributed by atoms with Gasteiger partial charge in [0.25, 0.3) is 0 Å². The number of carbonyl (C=O) groups excluding carboxylic acids is 1. The molecule has 1 N–H and O–H groups in total. The van der Waals surface area contributed by atoms with Gasteiger partial charge in [-0.05, 0) is 36.4 Å². The van der Waals surface area contributed by atoms with Crippen LogP contribution in [0.25, 0.3) is 16.9 Å². The van der Waals surface area contributed by atoms with Crippen molar-refractivity contribution in [2.75, 3.05) is 12.4 Å². The van der Waals surface area contributed by atoms with Crippen LogP contribution < -0.4 is 10.1 Å². The maximum absolute atomic E-state index is 11.0. The highest BCUT2D eigenvalue weighted by Crippen LogP contribution is 2.21. The van der Waals surface area contributed by atoms with Crippen LogP contribution in [-0.4, -0.2) is 28.0 Å². The molecule has 0 bridgehead atoms. The van der Waals surface area contributed by atoms with Crippen molar-refractivity contribution in [1.82, 2.24) is 15.0 Å². The molecule has 0 saturated carbocycles. The number of hydrogen-bond donors (Lipinski definition) is 1. The number of hydrogen-bond acceptors (Lipinski definition) is 4. The molecule has 1 aromatic heterocycles. The van der Waals surface area contributed by atoms with E-state index in [4.69, 9.17) is 4.74 Å². The van der Waals surface area contributed by atoms with E-state index in [1.807, 2.05) is 54.7 Å². The third-order valence-corrected chi connectivity index (χ3v) is 3.33. The molecule has 0 unspecified atom stereocenters. The summed E-state index contributed by atoms with van der Waals surface area (Å²) in [7, 11) is 1.63. The summed E-state index contributed by atoms with van der Waals surface area (Å²) in [6.45, 7) is 1.48. The van der Waals surface area contributed by atoms with Gasteiger partial charge >= 0.3 is 0 Å². The Labute approximate surface area is 133 Å². The quantitative estimate of drug-likeness (QED) is 0.804. The van der Waals surface area contributed by atoms with Crippen LogP contribution >= 0.6 is 0 Å². The van der Waals surface area contributed by atoms with Gasteiger partial charge in [0.2, 0.25) is 5.91 Å². The lowest BCUT2D eigenvalue weighted by Crippen LogP contribution is -2.05. The van der Waals surface area contributed by atoms with E-state index in [0.717, 1.165) is 28.4 Å². The summed E-state index contributed by atoms with van der Waals surface area (Å²) in [6, 6.07) is 15.0. The van der Waals surface area contributed by atoms with Gasteiger partial charge in [0, 0.05) is 18.2 Å². The molecular formula is C17H16N4O2. The lowest BCUT2D eigenvalue weighted by atomic mass is 10.1. The van der Waals surface area contributed by atoms with Gasteiger partial charge in [0.05, 0.1) is 19.0 Å². The van der Waals surface area contributed by atoms with E-state index in [1.54, 1.807) is 11.8 Å². The monoisotopic (exact) mass is 308 g/mol. The molecule has 23 heavy (non-hydrogen) atoms. The Morgan fingerprint density at radius 1 is 1.09 bits per heavy atom. The zero-order chi connectivity index (χ0) is 16.2. The van der Waals surface area contributed by atoms with Crippen LogP contribution in [0, 0.1) is 0 Å². The van der Waals surface area contributed by atoms with Crippen molar-refractivity contribution in [2.45, 2.75) is 6.92 Å². The zero-order valence-corrected chi connectivity index (χ0v) is 12.9. The van der Waals surface area contributed by atoms with Crippen LogP contribution in [0.5, 0.6) is 5.75 Å². The molecule has 0 aliphatic carbocycles. The fourth-order valence-corrected chi connectivity index (χ4v) is 2.18. The lowest BCUT2D eigenvalue weighted by molar-refractivity contribution is -0.114. The second-order valence-electron chi connectivity index (χ2n) is 5.00. The highest BCUT2D eigenvalue weighted by molar-refractivity contribution is 5.88. The highest BCUT2D eigenvalue weighted by Gasteiger charge is 2.06. The molecule has 3 rings (SSSR count). The van der Waals surface area contributed by atoms with Crippen molar-refractivity contribution >= 4 is 11.6 Å². The first-order valence-corrected chi connectivity index (χ1v) is 7.10. The highest BCUT2D eigenvalue weighted by atomic mass is 16.5. The van der Waals surface area contributed by atoms with Crippen molar-refractivity contribution in [3.05, 3.63) is 54.7 Å². The number of anilines is 1. The van der Waals surface area contributed by atoms with Crippen molar-refractivity contribution < 1.29 is 9.53 Å². The molecule has 1 amide bonds. The molecule has 0 spiro atoms. The van der Waals surface area contributed by atoms with E-state index in [-0.39, 0.29) is 5.91 Å². The molecule has 0 fully saturated rings. The SMILES string of the molecule is COc1ccc(-n2cc(-c3ccc(NC(C)=O)cc3)nn2)cc1. The number of rotatable bonds is 4. The van der Waals surface area contributed by atoms with E-state index in [9.17, 15) is 4.79 Å². The van der Waals surface area contributed by atoms with E-state index in [0.29, 0.717) is 0 Å². The van der Waals surface area contributed by atoms with E-state index < -0.39 is 0 Å². The zero-order valence-electron chi connectivity index (χ0n) is 12.9. The first-order chi connectivity index (χ1) is 11.2. The summed E-state index contributed by atoms with van der Waals surface area (Å²) in [5.74, 6) is 0.700. The Morgan fingerprint density at radius 2 is 1.78 bits per heavy atom. The van der Waals surface area contributed by atoms with Crippen LogP contribution in [0.4, 0.5) is 5.69 Å². The van der Waals surface area contributed by atoms with Crippen molar-refractivity contribution in [2.24, 2.45) is 0 Å². The molecule has 6 nitrogen and oxygen atoms in total. The van der Waals surface area contributed by atoms with Crippen LogP contribution in [0.2, 0.25) is 0 Å². The molecular weight excluding hydrogens is 292 g/mol. The molecule has 6 heteroatoms. The predicted molar refractivity (Wildman–Crippen MR) is 87.7 cm³/mol. The van der Waals surface area contributed by atoms with E-state index in [1.165, 1.54) is 6.92 Å². The number of ether oxygens (including phenoxy) is 1. The maximum Gasteiger partial charge on any atom is 0.221 e. The van der Waals surface area contributed by atoms with Gasteiger partial charge in [-0.1, -0.05) is 17.3 Å². The number of carbonyl (C=O) groups is 1. The molecule has 2 aromatic carbocycles. The van der Waals surface area contributed by atoms with Crippen LogP contribution in [0.1, 0.15) is 6.92 Å². The van der Waals surface area contributed by atoms with Gasteiger partial charge in [0.1, 0.15) is 11.4 Å². The second-order valence-corrected chi connectivity index (χ2v) is 5.00. The molecule has 0 atom stereocenters. The minimum atomic E-state index is -0.0943. The number of aromatic nitrogens is 3. The minimum absolute atomic E-state index is 0.0943. The third-order valence-electron chi connectivity index (χ3n) is 3.33. The summed E-state index contributed by atoms with van der Waals surface area (Å²) in [5.41, 5.74) is 3.34. The third kappa shape index (κ3) is 3.37. The average molecular weight is 308 g/mol. The first kappa shape index (κ1) is 14.8. The number of nitrogens with one attached hydrogen (secondary N) is 1. The molecule has 0 radical (unpaired) electrons. The Bertz CT molecular complexity index is 807. The van der Waals surface area contributed by atoms with Crippen molar-refractivity contribution in [1.29, 1.82) is 0 Å². The van der Waals surface area contributed by atoms with Gasteiger partial charge in [-0.25, -0.2) is 4.68 Å². The summed E-state index contributed by atoms with van der Waals surface area (Å²) in [4.78, 5) is 11.0. The number of methoxy groups -OCH3 is 1. The molecule has 3 aromatic rings. The second kappa shape index (κ2) is 6.31. The first-order valence-electron chi connectivity index (χ1n) is 7.10. The summed E-state index contributed by atoms with van der Waals surface area (Å²) < 4.78 is 6.85. The number of nitrogens with zero attached hydrogens (tertiary/aromatic N) is 3. The van der Waals surface area contributed by atoms with Gasteiger partial charge in [-0.2, -0.15) is 0 Å². The minimum Gasteiger partial charge on any atom is -0.497 e. The Kier molecular flexibility index (Phi) is 4.05. The maximum atomic E-state index is 11.0. The summed E-state index contributed by atoms with van der Waals surface area (Å²) >= 11 is 0. The standard InChI is InChI=1S/C17H16N4O2/c1-12(22)18-14-5-3-13(4-6-14)17-11-21(20-19-17)15-7-9-16(23-2)10-8-15/h3-11H,1-2H3,(H,18,22). The van der Waals surface area contributed by atoms with Gasteiger partial charge in [-0.3, -0.25) is 4.79 Å². The molecule has 1 heterocycles. The average Bonchev–Trinajstić information content (AvgIpc) is 3.05. The predicted octanol–water partition coefficient (Wildman–Crippen LogP) is 2.90. The fourth-order valence-electron chi connectivity index (χ4n) is 2.18. The Hall–Kier alpha value is -3.15. The Morgan fingerprint density at radius 3 is 2.39 bits per heavy atom.